The first-order valence-corrected chi connectivity index (χ1v) is 7.59. The van der Waals surface area contributed by atoms with Gasteiger partial charge in [-0.2, -0.15) is 0 Å². The number of rotatable bonds is 2. The van der Waals surface area contributed by atoms with E-state index in [1.807, 2.05) is 0 Å². The van der Waals surface area contributed by atoms with E-state index in [-0.39, 0.29) is 0 Å². The largest absolute Gasteiger partial charge is 0.116 e. The quantitative estimate of drug-likeness (QED) is 0.599. The van der Waals surface area contributed by atoms with Crippen molar-refractivity contribution in [1.82, 2.24) is 0 Å². The van der Waals surface area contributed by atoms with Gasteiger partial charge in [0.05, 0.1) is 0 Å². The molecule has 1 aromatic rings. The molecular weight excluding hydrogens is 252 g/mol. The topological polar surface area (TPSA) is 0 Å². The molecule has 0 heteroatoms. The monoisotopic (exact) mass is 272 g/mol. The average molecular weight is 272 g/mol. The summed E-state index contributed by atoms with van der Waals surface area (Å²) in [4.78, 5) is 0. The molecule has 21 heavy (non-hydrogen) atoms. The Kier molecular flexibility index (Phi) is 4.19. The second-order valence-corrected chi connectivity index (χ2v) is 5.56. The minimum atomic E-state index is 0.963. The van der Waals surface area contributed by atoms with Gasteiger partial charge in [0.2, 0.25) is 0 Å². The molecule has 0 atom stereocenters. The summed E-state index contributed by atoms with van der Waals surface area (Å²) in [5.74, 6) is 0. The fraction of sp³-hybridized carbons (Fsp3) is 0.190. The second-order valence-electron chi connectivity index (χ2n) is 5.56. The van der Waals surface area contributed by atoms with Crippen LogP contribution in [0.4, 0.5) is 0 Å². The van der Waals surface area contributed by atoms with E-state index in [1.54, 1.807) is 0 Å². The summed E-state index contributed by atoms with van der Waals surface area (Å²) in [5.41, 5.74) is 9.84. The lowest BCUT2D eigenvalue weighted by molar-refractivity contribution is 1.02. The number of allylic oxidation sites excluding steroid dienone is 9. The Morgan fingerprint density at radius 1 is 0.952 bits per heavy atom. The van der Waals surface area contributed by atoms with Gasteiger partial charge in [-0.25, -0.2) is 0 Å². The molecule has 0 unspecified atom stereocenters. The van der Waals surface area contributed by atoms with Crippen LogP contribution in [-0.4, -0.2) is 0 Å². The van der Waals surface area contributed by atoms with Crippen molar-refractivity contribution in [1.29, 1.82) is 0 Å². The summed E-state index contributed by atoms with van der Waals surface area (Å²) < 4.78 is 0. The van der Waals surface area contributed by atoms with Crippen LogP contribution < -0.4 is 0 Å². The van der Waals surface area contributed by atoms with Crippen molar-refractivity contribution in [3.8, 4) is 0 Å². The first-order chi connectivity index (χ1) is 10.3. The van der Waals surface area contributed by atoms with Crippen LogP contribution in [0.2, 0.25) is 0 Å². The van der Waals surface area contributed by atoms with Gasteiger partial charge in [-0.3, -0.25) is 0 Å². The first kappa shape index (κ1) is 13.7. The van der Waals surface area contributed by atoms with Gasteiger partial charge in [-0.1, -0.05) is 60.2 Å². The molecule has 0 N–H and O–H groups in total. The van der Waals surface area contributed by atoms with Crippen LogP contribution in [0.1, 0.15) is 31.7 Å². The van der Waals surface area contributed by atoms with E-state index in [9.17, 15) is 0 Å². The maximum atomic E-state index is 3.46. The molecule has 0 heterocycles. The van der Waals surface area contributed by atoms with Gasteiger partial charge in [0, 0.05) is 5.57 Å². The zero-order valence-corrected chi connectivity index (χ0v) is 12.5. The second kappa shape index (κ2) is 6.43. The minimum absolute atomic E-state index is 0.963. The van der Waals surface area contributed by atoms with E-state index in [2.05, 4.69) is 79.4 Å². The summed E-state index contributed by atoms with van der Waals surface area (Å²) in [6.45, 7) is 2.19. The molecule has 0 aliphatic heterocycles. The van der Waals surface area contributed by atoms with Gasteiger partial charge in [0.1, 0.15) is 0 Å². The summed E-state index contributed by atoms with van der Waals surface area (Å²) in [6, 6.07) is 10.5. The maximum Gasteiger partial charge on any atom is 0.0239 e. The molecule has 3 rings (SSSR count). The number of benzene rings is 1. The highest BCUT2D eigenvalue weighted by atomic mass is 14.1. The van der Waals surface area contributed by atoms with E-state index < -0.39 is 0 Å². The standard InChI is InChI=1S/C21H20/c1-17-9-8-14-20(18-10-4-2-5-11-18)16-21(15-17)19-12-6-3-7-13-19/h2,4-6,8,10-13,15-16H,3,7,9H2,1H3/b17-15-,21-16+. The molecular formula is C21H20. The van der Waals surface area contributed by atoms with Crippen LogP contribution in [-0.2, 0) is 0 Å². The van der Waals surface area contributed by atoms with Crippen LogP contribution in [0.15, 0.2) is 89.2 Å². The Bertz CT molecular complexity index is 700. The molecule has 0 spiro atoms. The fourth-order valence-electron chi connectivity index (χ4n) is 2.66. The third kappa shape index (κ3) is 3.42. The van der Waals surface area contributed by atoms with E-state index >= 15 is 0 Å². The van der Waals surface area contributed by atoms with Gasteiger partial charge in [-0.05, 0) is 55.0 Å². The molecule has 2 aliphatic carbocycles. The van der Waals surface area contributed by atoms with Crippen molar-refractivity contribution < 1.29 is 0 Å². The minimum Gasteiger partial charge on any atom is -0.116 e. The van der Waals surface area contributed by atoms with E-state index in [1.165, 1.54) is 22.3 Å². The Morgan fingerprint density at radius 2 is 1.81 bits per heavy atom. The molecule has 0 aromatic heterocycles. The van der Waals surface area contributed by atoms with Crippen molar-refractivity contribution in [2.45, 2.75) is 26.2 Å². The molecule has 0 nitrogen and oxygen atoms in total. The Hall–Kier alpha value is -2.30. The summed E-state index contributed by atoms with van der Waals surface area (Å²) in [5, 5.41) is 0. The molecule has 2 aliphatic rings. The Morgan fingerprint density at radius 3 is 2.57 bits per heavy atom. The third-order valence-corrected chi connectivity index (χ3v) is 3.80. The van der Waals surface area contributed by atoms with E-state index in [0.717, 1.165) is 24.8 Å². The lowest BCUT2D eigenvalue weighted by Crippen LogP contribution is -1.92. The Labute approximate surface area is 127 Å². The number of hydrogen-bond acceptors (Lipinski definition) is 0. The smallest absolute Gasteiger partial charge is 0.0239 e. The number of hydrogen-bond donors (Lipinski definition) is 0. The maximum absolute atomic E-state index is 3.46. The highest BCUT2D eigenvalue weighted by molar-refractivity contribution is 5.77. The van der Waals surface area contributed by atoms with Crippen LogP contribution in [0, 0.1) is 0 Å². The third-order valence-electron chi connectivity index (χ3n) is 3.80. The SMILES string of the molecule is C/C1=C/C(C2=CCCC=C2)=C\C(c2ccccc2)=C=CC1. The summed E-state index contributed by atoms with van der Waals surface area (Å²) in [6.07, 6.45) is 16.8. The zero-order valence-electron chi connectivity index (χ0n) is 12.5. The van der Waals surface area contributed by atoms with Crippen LogP contribution in [0.5, 0.6) is 0 Å². The van der Waals surface area contributed by atoms with Gasteiger partial charge in [0.15, 0.2) is 0 Å². The molecule has 0 saturated carbocycles. The molecule has 0 radical (unpaired) electrons. The zero-order chi connectivity index (χ0) is 14.5. The predicted molar refractivity (Wildman–Crippen MR) is 90.8 cm³/mol. The highest BCUT2D eigenvalue weighted by Gasteiger charge is 2.07. The van der Waals surface area contributed by atoms with Crippen molar-refractivity contribution in [2.24, 2.45) is 0 Å². The van der Waals surface area contributed by atoms with Gasteiger partial charge in [0.25, 0.3) is 0 Å². The van der Waals surface area contributed by atoms with Crippen molar-refractivity contribution in [3.63, 3.8) is 0 Å². The van der Waals surface area contributed by atoms with Crippen molar-refractivity contribution >= 4 is 5.57 Å². The average Bonchev–Trinajstić information content (AvgIpc) is 2.52. The predicted octanol–water partition coefficient (Wildman–Crippen LogP) is 5.78. The molecule has 104 valence electrons. The normalized spacial score (nSPS) is 23.1. The Balaban J connectivity index is 2.07. The summed E-state index contributed by atoms with van der Waals surface area (Å²) in [7, 11) is 0. The van der Waals surface area contributed by atoms with E-state index in [0.29, 0.717) is 0 Å². The van der Waals surface area contributed by atoms with Crippen LogP contribution >= 0.6 is 0 Å². The lowest BCUT2D eigenvalue weighted by Gasteiger charge is -2.12. The molecule has 0 fully saturated rings. The van der Waals surface area contributed by atoms with Crippen molar-refractivity contribution in [2.75, 3.05) is 0 Å². The fourth-order valence-corrected chi connectivity index (χ4v) is 2.66. The molecule has 0 bridgehead atoms. The van der Waals surface area contributed by atoms with Gasteiger partial charge < -0.3 is 0 Å². The highest BCUT2D eigenvalue weighted by Crippen LogP contribution is 2.26. The lowest BCUT2D eigenvalue weighted by atomic mass is 9.93. The molecule has 0 saturated heterocycles. The molecule has 0 amide bonds. The van der Waals surface area contributed by atoms with Gasteiger partial charge >= 0.3 is 0 Å². The molecule has 1 aromatic carbocycles. The van der Waals surface area contributed by atoms with Crippen LogP contribution in [0.25, 0.3) is 5.57 Å². The van der Waals surface area contributed by atoms with E-state index in [4.69, 9.17) is 0 Å². The first-order valence-electron chi connectivity index (χ1n) is 7.59. The summed E-state index contributed by atoms with van der Waals surface area (Å²) >= 11 is 0. The van der Waals surface area contributed by atoms with Gasteiger partial charge in [-0.15, -0.1) is 5.73 Å². The van der Waals surface area contributed by atoms with Crippen molar-refractivity contribution in [3.05, 3.63) is 94.8 Å². The van der Waals surface area contributed by atoms with Crippen LogP contribution in [0.3, 0.4) is 0 Å².